The van der Waals surface area contributed by atoms with Crippen LogP contribution in [0.4, 0.5) is 0 Å². The molecule has 0 aromatic rings. The molecule has 0 aromatic carbocycles. The summed E-state index contributed by atoms with van der Waals surface area (Å²) in [5.74, 6) is 1.03. The van der Waals surface area contributed by atoms with Gasteiger partial charge in [0.05, 0.1) is 5.92 Å². The zero-order chi connectivity index (χ0) is 13.9. The summed E-state index contributed by atoms with van der Waals surface area (Å²) in [5.41, 5.74) is 6.02. The van der Waals surface area contributed by atoms with E-state index in [1.807, 2.05) is 6.92 Å². The second kappa shape index (κ2) is 7.65. The van der Waals surface area contributed by atoms with Crippen molar-refractivity contribution in [1.82, 2.24) is 5.32 Å². The lowest BCUT2D eigenvalue weighted by atomic mass is 9.74. The van der Waals surface area contributed by atoms with Gasteiger partial charge in [-0.1, -0.05) is 39.0 Å². The summed E-state index contributed by atoms with van der Waals surface area (Å²) >= 11 is 0. The van der Waals surface area contributed by atoms with Gasteiger partial charge in [-0.05, 0) is 38.5 Å². The number of nitrogens with one attached hydrogen (secondary N) is 1. The van der Waals surface area contributed by atoms with E-state index in [0.29, 0.717) is 6.04 Å². The molecule has 2 rings (SSSR count). The summed E-state index contributed by atoms with van der Waals surface area (Å²) in [4.78, 5) is 12.5. The van der Waals surface area contributed by atoms with Gasteiger partial charge in [0.15, 0.2) is 0 Å². The summed E-state index contributed by atoms with van der Waals surface area (Å²) in [6, 6.07) is 0.393. The van der Waals surface area contributed by atoms with Gasteiger partial charge in [0.2, 0.25) is 5.91 Å². The first-order chi connectivity index (χ1) is 9.03. The third-order valence-electron chi connectivity index (χ3n) is 5.28. The second-order valence-corrected chi connectivity index (χ2v) is 6.95. The van der Waals surface area contributed by atoms with Crippen molar-refractivity contribution in [1.29, 1.82) is 0 Å². The molecular formula is C16H31ClN2O. The molecule has 4 atom stereocenters. The molecule has 2 aliphatic rings. The number of amides is 1. The van der Waals surface area contributed by atoms with Crippen molar-refractivity contribution in [2.24, 2.45) is 17.6 Å². The number of nitrogens with two attached hydrogens (primary N) is 1. The van der Waals surface area contributed by atoms with Gasteiger partial charge in [-0.2, -0.15) is 0 Å². The van der Waals surface area contributed by atoms with E-state index in [-0.39, 0.29) is 29.8 Å². The van der Waals surface area contributed by atoms with E-state index in [2.05, 4.69) is 12.2 Å². The predicted molar refractivity (Wildman–Crippen MR) is 86.0 cm³/mol. The van der Waals surface area contributed by atoms with Gasteiger partial charge in [0.1, 0.15) is 0 Å². The molecule has 0 radical (unpaired) electrons. The van der Waals surface area contributed by atoms with Crippen LogP contribution >= 0.6 is 12.4 Å². The molecule has 2 aliphatic carbocycles. The molecule has 0 aliphatic heterocycles. The first-order valence-corrected chi connectivity index (χ1v) is 8.12. The van der Waals surface area contributed by atoms with Gasteiger partial charge < -0.3 is 11.1 Å². The molecule has 3 nitrogen and oxygen atoms in total. The van der Waals surface area contributed by atoms with Crippen LogP contribution in [0.5, 0.6) is 0 Å². The van der Waals surface area contributed by atoms with Crippen molar-refractivity contribution in [3.05, 3.63) is 0 Å². The van der Waals surface area contributed by atoms with Crippen LogP contribution in [0.3, 0.4) is 0 Å². The minimum absolute atomic E-state index is 0. The maximum absolute atomic E-state index is 12.5. The molecule has 0 heterocycles. The topological polar surface area (TPSA) is 55.1 Å². The smallest absolute Gasteiger partial charge is 0.225 e. The van der Waals surface area contributed by atoms with E-state index in [9.17, 15) is 4.79 Å². The lowest BCUT2D eigenvalue weighted by Crippen LogP contribution is -2.54. The predicted octanol–water partition coefficient (Wildman–Crippen LogP) is 3.40. The molecule has 20 heavy (non-hydrogen) atoms. The average Bonchev–Trinajstić information content (AvgIpc) is 2.38. The summed E-state index contributed by atoms with van der Waals surface area (Å²) in [5, 5.41) is 3.29. The summed E-state index contributed by atoms with van der Waals surface area (Å²) < 4.78 is 0. The van der Waals surface area contributed by atoms with Crippen molar-refractivity contribution >= 4 is 18.3 Å². The molecule has 0 bridgehead atoms. The number of carbonyl (C=O) groups is 1. The molecule has 4 heteroatoms. The minimum Gasteiger partial charge on any atom is -0.353 e. The van der Waals surface area contributed by atoms with Gasteiger partial charge in [-0.15, -0.1) is 12.4 Å². The molecule has 118 valence electrons. The van der Waals surface area contributed by atoms with Crippen LogP contribution in [0.25, 0.3) is 0 Å². The van der Waals surface area contributed by atoms with Gasteiger partial charge in [-0.3, -0.25) is 4.79 Å². The van der Waals surface area contributed by atoms with Crippen molar-refractivity contribution in [3.8, 4) is 0 Å². The fraction of sp³-hybridized carbons (Fsp3) is 0.938. The molecule has 2 saturated carbocycles. The number of hydrogen-bond acceptors (Lipinski definition) is 2. The van der Waals surface area contributed by atoms with E-state index < -0.39 is 0 Å². The second-order valence-electron chi connectivity index (χ2n) is 6.95. The minimum atomic E-state index is -0.304. The third-order valence-corrected chi connectivity index (χ3v) is 5.28. The van der Waals surface area contributed by atoms with Crippen LogP contribution < -0.4 is 11.1 Å². The van der Waals surface area contributed by atoms with Crippen LogP contribution in [0.2, 0.25) is 0 Å². The average molecular weight is 303 g/mol. The Morgan fingerprint density at radius 3 is 2.65 bits per heavy atom. The highest BCUT2D eigenvalue weighted by Crippen LogP contribution is 2.32. The molecule has 4 unspecified atom stereocenters. The molecule has 0 spiro atoms. The largest absolute Gasteiger partial charge is 0.353 e. The van der Waals surface area contributed by atoms with Gasteiger partial charge >= 0.3 is 0 Å². The van der Waals surface area contributed by atoms with Crippen LogP contribution in [0.15, 0.2) is 0 Å². The number of hydrogen-bond donors (Lipinski definition) is 2. The number of rotatable bonds is 3. The lowest BCUT2D eigenvalue weighted by Gasteiger charge is -2.39. The maximum Gasteiger partial charge on any atom is 0.225 e. The fourth-order valence-corrected chi connectivity index (χ4v) is 3.88. The summed E-state index contributed by atoms with van der Waals surface area (Å²) in [7, 11) is 0. The normalized spacial score (nSPS) is 37.9. The molecule has 2 fully saturated rings. The van der Waals surface area contributed by atoms with E-state index in [1.54, 1.807) is 0 Å². The number of carbonyl (C=O) groups excluding carboxylic acids is 1. The molecular weight excluding hydrogens is 272 g/mol. The Bertz CT molecular complexity index is 320. The van der Waals surface area contributed by atoms with E-state index in [0.717, 1.165) is 44.4 Å². The summed E-state index contributed by atoms with van der Waals surface area (Å²) in [6.07, 6.45) is 10.4. The molecule has 3 N–H and O–H groups in total. The Hall–Kier alpha value is -0.280. The number of halogens is 1. The van der Waals surface area contributed by atoms with Gasteiger partial charge in [-0.25, -0.2) is 0 Å². The Balaban J connectivity index is 0.00000200. The first-order valence-electron chi connectivity index (χ1n) is 8.12. The highest BCUT2D eigenvalue weighted by molar-refractivity contribution is 5.85. The van der Waals surface area contributed by atoms with Crippen LogP contribution in [0.1, 0.15) is 71.6 Å². The van der Waals surface area contributed by atoms with Crippen molar-refractivity contribution in [3.63, 3.8) is 0 Å². The lowest BCUT2D eigenvalue weighted by molar-refractivity contribution is -0.129. The molecule has 0 saturated heterocycles. The maximum atomic E-state index is 12.5. The fourth-order valence-electron chi connectivity index (χ4n) is 3.88. The molecule has 1 amide bonds. The monoisotopic (exact) mass is 302 g/mol. The van der Waals surface area contributed by atoms with Gasteiger partial charge in [0.25, 0.3) is 0 Å². The Labute approximate surface area is 129 Å². The van der Waals surface area contributed by atoms with E-state index >= 15 is 0 Å². The highest BCUT2D eigenvalue weighted by Gasteiger charge is 2.38. The zero-order valence-corrected chi connectivity index (χ0v) is 13.8. The van der Waals surface area contributed by atoms with Gasteiger partial charge in [0, 0.05) is 11.6 Å². The standard InChI is InChI=1S/C16H30N2O.ClH/c1-3-12-7-6-8-13(11-12)18-15(19)14-9-4-5-10-16(14,2)17;/h12-14H,3-11,17H2,1-2H3,(H,18,19);1H. The van der Waals surface area contributed by atoms with E-state index in [1.165, 1.54) is 19.3 Å². The van der Waals surface area contributed by atoms with Crippen LogP contribution in [-0.4, -0.2) is 17.5 Å². The van der Waals surface area contributed by atoms with Crippen LogP contribution in [0, 0.1) is 11.8 Å². The third kappa shape index (κ3) is 4.36. The quantitative estimate of drug-likeness (QED) is 0.839. The summed E-state index contributed by atoms with van der Waals surface area (Å²) in [6.45, 7) is 4.30. The van der Waals surface area contributed by atoms with Crippen LogP contribution in [-0.2, 0) is 4.79 Å². The highest BCUT2D eigenvalue weighted by atomic mass is 35.5. The van der Waals surface area contributed by atoms with Crippen molar-refractivity contribution < 1.29 is 4.79 Å². The zero-order valence-electron chi connectivity index (χ0n) is 13.0. The Morgan fingerprint density at radius 2 is 2.00 bits per heavy atom. The Kier molecular flexibility index (Phi) is 6.80. The molecule has 0 aromatic heterocycles. The SMILES string of the molecule is CCC1CCCC(NC(=O)C2CCCCC2(C)N)C1.Cl. The van der Waals surface area contributed by atoms with Crippen molar-refractivity contribution in [2.75, 3.05) is 0 Å². The van der Waals surface area contributed by atoms with E-state index in [4.69, 9.17) is 5.73 Å². The first kappa shape index (κ1) is 17.8. The van der Waals surface area contributed by atoms with Crippen molar-refractivity contribution in [2.45, 2.75) is 83.2 Å². The Morgan fingerprint density at radius 1 is 1.25 bits per heavy atom.